The second-order valence-corrected chi connectivity index (χ2v) is 8.09. The van der Waals surface area contributed by atoms with E-state index in [0.717, 1.165) is 43.5 Å². The molecule has 0 aromatic heterocycles. The Labute approximate surface area is 191 Å². The van der Waals surface area contributed by atoms with Crippen molar-refractivity contribution in [1.82, 2.24) is 0 Å². The van der Waals surface area contributed by atoms with E-state index in [9.17, 15) is 26.3 Å². The van der Waals surface area contributed by atoms with Gasteiger partial charge in [-0.25, -0.2) is 0 Å². The largest absolute Gasteiger partial charge is 0.461 e. The van der Waals surface area contributed by atoms with Gasteiger partial charge in [-0.3, -0.25) is 0 Å². The zero-order chi connectivity index (χ0) is 24.0. The molecule has 0 spiro atoms. The number of aryl methyl sites for hydroxylation is 1. The van der Waals surface area contributed by atoms with Crippen molar-refractivity contribution in [3.63, 3.8) is 0 Å². The molecular weight excluding hydrogens is 506 g/mol. The van der Waals surface area contributed by atoms with E-state index in [1.54, 1.807) is 13.0 Å². The Hall–Kier alpha value is -1.52. The summed E-state index contributed by atoms with van der Waals surface area (Å²) in [6.07, 6.45) is -4.84. The maximum absolute atomic E-state index is 13.8. The van der Waals surface area contributed by atoms with E-state index in [2.05, 4.69) is 25.4 Å². The first-order valence-corrected chi connectivity index (χ1v) is 11.1. The quantitative estimate of drug-likeness (QED) is 0.180. The maximum Gasteiger partial charge on any atom is 0.430 e. The minimum absolute atomic E-state index is 0.226. The van der Waals surface area contributed by atoms with Gasteiger partial charge in [-0.2, -0.15) is 26.3 Å². The maximum atomic E-state index is 13.8. The van der Waals surface area contributed by atoms with Crippen LogP contribution in [0.1, 0.15) is 43.7 Å². The Morgan fingerprint density at radius 3 is 2.16 bits per heavy atom. The highest BCUT2D eigenvalue weighted by molar-refractivity contribution is 9.09. The van der Waals surface area contributed by atoms with Crippen molar-refractivity contribution in [3.8, 4) is 5.75 Å². The van der Waals surface area contributed by atoms with Gasteiger partial charge in [0.2, 0.25) is 0 Å². The second kappa shape index (κ2) is 11.1. The van der Waals surface area contributed by atoms with Gasteiger partial charge in [0.25, 0.3) is 5.60 Å². The van der Waals surface area contributed by atoms with Crippen molar-refractivity contribution in [1.29, 1.82) is 0 Å². The molecule has 0 atom stereocenters. The number of hydrogen-bond donors (Lipinski definition) is 0. The number of rotatable bonds is 10. The number of benzene rings is 1. The van der Waals surface area contributed by atoms with Crippen molar-refractivity contribution in [3.05, 3.63) is 52.8 Å². The molecule has 0 unspecified atom stereocenters. The number of halogens is 7. The van der Waals surface area contributed by atoms with E-state index in [1.165, 1.54) is 5.57 Å². The molecule has 0 heterocycles. The fraction of sp³-hybridized carbons (Fsp3) is 0.545. The molecule has 0 saturated carbocycles. The van der Waals surface area contributed by atoms with Crippen LogP contribution in [0.15, 0.2) is 41.7 Å². The molecule has 10 heteroatoms. The first-order chi connectivity index (χ1) is 15.0. The lowest BCUT2D eigenvalue weighted by atomic mass is 9.89. The molecule has 1 aliphatic rings. The summed E-state index contributed by atoms with van der Waals surface area (Å²) in [7, 11) is 0.951. The highest BCUT2D eigenvalue weighted by Crippen LogP contribution is 2.53. The lowest BCUT2D eigenvalue weighted by Crippen LogP contribution is -2.56. The van der Waals surface area contributed by atoms with Gasteiger partial charge in [0.05, 0.1) is 0 Å². The summed E-state index contributed by atoms with van der Waals surface area (Å²) in [5.74, 6) is 0.825. The standard InChI is InChI=1S/C22H25BrF6O3/c1-3-4-16-13-17(20(21(24,25)26,22(27,28)29)31-14-30-2)7-10-19(16)32-18-8-5-15(6-9-18)11-12-23/h5,7-8,10,13H,3-4,6,9,11-12,14H2,1-2H3. The van der Waals surface area contributed by atoms with Crippen LogP contribution in [0.3, 0.4) is 0 Å². The summed E-state index contributed by atoms with van der Waals surface area (Å²) in [5, 5.41) is 0.830. The molecule has 32 heavy (non-hydrogen) atoms. The number of ether oxygens (including phenoxy) is 3. The van der Waals surface area contributed by atoms with E-state index in [0.29, 0.717) is 18.6 Å². The van der Waals surface area contributed by atoms with E-state index >= 15 is 0 Å². The molecular formula is C22H25BrF6O3. The number of allylic oxidation sites excluding steroid dienone is 4. The highest BCUT2D eigenvalue weighted by atomic mass is 79.9. The average molecular weight is 531 g/mol. The molecule has 0 bridgehead atoms. The summed E-state index contributed by atoms with van der Waals surface area (Å²) in [5.41, 5.74) is -4.12. The molecule has 0 aliphatic heterocycles. The highest BCUT2D eigenvalue weighted by Gasteiger charge is 2.73. The zero-order valence-electron chi connectivity index (χ0n) is 17.7. The van der Waals surface area contributed by atoms with Gasteiger partial charge in [0, 0.05) is 24.4 Å². The molecule has 0 fully saturated rings. The molecule has 1 aliphatic carbocycles. The lowest BCUT2D eigenvalue weighted by molar-refractivity contribution is -0.400. The zero-order valence-corrected chi connectivity index (χ0v) is 19.3. The SMILES string of the molecule is CCCc1cc(C(OCOC)(C(F)(F)F)C(F)(F)F)ccc1OC1=CC=C(CCBr)CC1. The number of hydrogen-bond acceptors (Lipinski definition) is 3. The van der Waals surface area contributed by atoms with Crippen LogP contribution in [-0.2, 0) is 21.5 Å². The molecule has 0 radical (unpaired) electrons. The molecule has 2 rings (SSSR count). The number of methoxy groups -OCH3 is 1. The fourth-order valence-corrected chi connectivity index (χ4v) is 3.97. The molecule has 0 saturated heterocycles. The van der Waals surface area contributed by atoms with Crippen LogP contribution in [0.25, 0.3) is 0 Å². The van der Waals surface area contributed by atoms with Crippen molar-refractivity contribution in [2.45, 2.75) is 57.0 Å². The topological polar surface area (TPSA) is 27.7 Å². The van der Waals surface area contributed by atoms with Crippen LogP contribution in [0.5, 0.6) is 5.75 Å². The Kier molecular flexibility index (Phi) is 9.25. The van der Waals surface area contributed by atoms with E-state index in [1.807, 2.05) is 6.08 Å². The molecule has 180 valence electrons. The molecule has 1 aromatic carbocycles. The first kappa shape index (κ1) is 26.7. The van der Waals surface area contributed by atoms with Gasteiger partial charge in [-0.05, 0) is 43.0 Å². The van der Waals surface area contributed by atoms with Crippen molar-refractivity contribution >= 4 is 15.9 Å². The smallest absolute Gasteiger partial charge is 0.430 e. The third-order valence-electron chi connectivity index (χ3n) is 5.03. The minimum atomic E-state index is -5.77. The van der Waals surface area contributed by atoms with Gasteiger partial charge in [0.1, 0.15) is 18.3 Å². The molecule has 1 aromatic rings. The van der Waals surface area contributed by atoms with Gasteiger partial charge in [-0.15, -0.1) is 0 Å². The van der Waals surface area contributed by atoms with Crippen LogP contribution in [0.4, 0.5) is 26.3 Å². The summed E-state index contributed by atoms with van der Waals surface area (Å²) >= 11 is 3.38. The summed E-state index contributed by atoms with van der Waals surface area (Å²) in [6.45, 7) is 0.587. The predicted molar refractivity (Wildman–Crippen MR) is 112 cm³/mol. The Bertz CT molecular complexity index is 816. The summed E-state index contributed by atoms with van der Waals surface area (Å²) in [6, 6.07) is 2.76. The Morgan fingerprint density at radius 1 is 0.969 bits per heavy atom. The van der Waals surface area contributed by atoms with Gasteiger partial charge >= 0.3 is 12.4 Å². The average Bonchev–Trinajstić information content (AvgIpc) is 2.70. The summed E-state index contributed by atoms with van der Waals surface area (Å²) < 4.78 is 97.5. The molecule has 3 nitrogen and oxygen atoms in total. The van der Waals surface area contributed by atoms with Gasteiger partial charge in [0.15, 0.2) is 0 Å². The van der Waals surface area contributed by atoms with E-state index in [-0.39, 0.29) is 17.7 Å². The van der Waals surface area contributed by atoms with Crippen LogP contribution in [0.2, 0.25) is 0 Å². The normalized spacial score (nSPS) is 15.4. The van der Waals surface area contributed by atoms with Crippen molar-refractivity contribution in [2.24, 2.45) is 0 Å². The van der Waals surface area contributed by atoms with E-state index in [4.69, 9.17) is 4.74 Å². The van der Waals surface area contributed by atoms with Gasteiger partial charge < -0.3 is 14.2 Å². The lowest BCUT2D eigenvalue weighted by Gasteiger charge is -2.37. The third-order valence-corrected chi connectivity index (χ3v) is 5.43. The van der Waals surface area contributed by atoms with Crippen LogP contribution in [-0.4, -0.2) is 31.6 Å². The van der Waals surface area contributed by atoms with Crippen LogP contribution < -0.4 is 4.74 Å². The van der Waals surface area contributed by atoms with Crippen molar-refractivity contribution in [2.75, 3.05) is 19.2 Å². The van der Waals surface area contributed by atoms with Crippen molar-refractivity contribution < 1.29 is 40.6 Å². The number of alkyl halides is 7. The molecule has 0 amide bonds. The first-order valence-electron chi connectivity index (χ1n) is 10.0. The third kappa shape index (κ3) is 5.88. The fourth-order valence-electron chi connectivity index (χ4n) is 3.46. The van der Waals surface area contributed by atoms with Crippen LogP contribution in [0, 0.1) is 0 Å². The second-order valence-electron chi connectivity index (χ2n) is 7.30. The summed E-state index contributed by atoms with van der Waals surface area (Å²) in [4.78, 5) is 0. The molecule has 0 N–H and O–H groups in total. The van der Waals surface area contributed by atoms with E-state index < -0.39 is 30.3 Å². The monoisotopic (exact) mass is 530 g/mol. The Morgan fingerprint density at radius 2 is 1.66 bits per heavy atom. The van der Waals surface area contributed by atoms with Crippen LogP contribution >= 0.6 is 15.9 Å². The predicted octanol–water partition coefficient (Wildman–Crippen LogP) is 7.35. The Balaban J connectivity index is 2.50. The van der Waals surface area contributed by atoms with Gasteiger partial charge in [-0.1, -0.05) is 47.0 Å². The minimum Gasteiger partial charge on any atom is -0.461 e.